The minimum atomic E-state index is 0.133. The Balaban J connectivity index is 2.16. The zero-order chi connectivity index (χ0) is 11.5. The summed E-state index contributed by atoms with van der Waals surface area (Å²) >= 11 is 0. The van der Waals surface area contributed by atoms with Crippen molar-refractivity contribution in [1.82, 2.24) is 0 Å². The number of rotatable bonds is 3. The van der Waals surface area contributed by atoms with Crippen molar-refractivity contribution < 1.29 is 4.79 Å². The van der Waals surface area contributed by atoms with Crippen LogP contribution in [-0.2, 0) is 11.2 Å². The van der Waals surface area contributed by atoms with Crippen LogP contribution in [0.2, 0.25) is 0 Å². The smallest absolute Gasteiger partial charge is 0.154 e. The van der Waals surface area contributed by atoms with Gasteiger partial charge in [0, 0.05) is 18.2 Å². The zero-order valence-electron chi connectivity index (χ0n) is 10.1. The summed E-state index contributed by atoms with van der Waals surface area (Å²) in [5.74, 6) is 0.464. The summed E-state index contributed by atoms with van der Waals surface area (Å²) < 4.78 is 0. The third-order valence-electron chi connectivity index (χ3n) is 3.20. The number of nitrogens with zero attached hydrogens (tertiary/aromatic N) is 1. The van der Waals surface area contributed by atoms with Crippen LogP contribution in [0, 0.1) is 5.92 Å². The predicted octanol–water partition coefficient (Wildman–Crippen LogP) is 2.66. The third-order valence-corrected chi connectivity index (χ3v) is 3.20. The lowest BCUT2D eigenvalue weighted by Gasteiger charge is -2.31. The van der Waals surface area contributed by atoms with Crippen molar-refractivity contribution in [2.75, 3.05) is 18.0 Å². The highest BCUT2D eigenvalue weighted by molar-refractivity contribution is 5.85. The average Bonchev–Trinajstić information content (AvgIpc) is 2.29. The van der Waals surface area contributed by atoms with Crippen molar-refractivity contribution in [3.8, 4) is 0 Å². The van der Waals surface area contributed by atoms with Gasteiger partial charge in [-0.15, -0.1) is 0 Å². The molecule has 0 N–H and O–H groups in total. The van der Waals surface area contributed by atoms with Gasteiger partial charge in [0.25, 0.3) is 0 Å². The standard InChI is InChI=1S/C14H19NO/c1-11(2)14(16)10-15-9-5-7-12-6-3-4-8-13(12)15/h3-4,6,8,11H,5,7,9-10H2,1-2H3. The van der Waals surface area contributed by atoms with Crippen molar-refractivity contribution in [3.05, 3.63) is 29.8 Å². The number of aryl methyl sites for hydroxylation is 1. The fourth-order valence-corrected chi connectivity index (χ4v) is 2.15. The Labute approximate surface area is 97.3 Å². The van der Waals surface area contributed by atoms with Crippen LogP contribution in [0.5, 0.6) is 0 Å². The lowest BCUT2D eigenvalue weighted by Crippen LogP contribution is -2.35. The molecule has 0 saturated carbocycles. The van der Waals surface area contributed by atoms with Gasteiger partial charge >= 0.3 is 0 Å². The minimum absolute atomic E-state index is 0.133. The number of Topliss-reactive ketones (excluding diaryl/α,β-unsaturated/α-hetero) is 1. The molecule has 0 radical (unpaired) electrons. The lowest BCUT2D eigenvalue weighted by atomic mass is 10.0. The Morgan fingerprint density at radius 1 is 1.38 bits per heavy atom. The van der Waals surface area contributed by atoms with E-state index in [4.69, 9.17) is 0 Å². The van der Waals surface area contributed by atoms with Gasteiger partial charge in [0.1, 0.15) is 0 Å². The van der Waals surface area contributed by atoms with Gasteiger partial charge < -0.3 is 4.90 Å². The molecule has 1 aliphatic rings. The fraction of sp³-hybridized carbons (Fsp3) is 0.500. The highest BCUT2D eigenvalue weighted by Gasteiger charge is 2.19. The number of hydrogen-bond acceptors (Lipinski definition) is 2. The van der Waals surface area contributed by atoms with Gasteiger partial charge in [0.2, 0.25) is 0 Å². The Hall–Kier alpha value is -1.31. The van der Waals surface area contributed by atoms with Crippen LogP contribution < -0.4 is 4.90 Å². The zero-order valence-corrected chi connectivity index (χ0v) is 10.1. The second-order valence-electron chi connectivity index (χ2n) is 4.77. The molecule has 0 amide bonds. The molecule has 0 saturated heterocycles. The first-order valence-electron chi connectivity index (χ1n) is 6.04. The summed E-state index contributed by atoms with van der Waals surface area (Å²) in [7, 11) is 0. The summed E-state index contributed by atoms with van der Waals surface area (Å²) in [6, 6.07) is 8.42. The van der Waals surface area contributed by atoms with E-state index in [0.717, 1.165) is 19.4 Å². The van der Waals surface area contributed by atoms with Crippen LogP contribution >= 0.6 is 0 Å². The lowest BCUT2D eigenvalue weighted by molar-refractivity contribution is -0.120. The number of carbonyl (C=O) groups is 1. The first-order chi connectivity index (χ1) is 7.68. The summed E-state index contributed by atoms with van der Waals surface area (Å²) in [5, 5.41) is 0. The highest BCUT2D eigenvalue weighted by Crippen LogP contribution is 2.26. The van der Waals surface area contributed by atoms with Gasteiger partial charge in [-0.3, -0.25) is 4.79 Å². The van der Waals surface area contributed by atoms with Crippen molar-refractivity contribution >= 4 is 11.5 Å². The van der Waals surface area contributed by atoms with Gasteiger partial charge in [0.05, 0.1) is 6.54 Å². The molecular formula is C14H19NO. The van der Waals surface area contributed by atoms with Crippen molar-refractivity contribution in [2.45, 2.75) is 26.7 Å². The molecule has 2 rings (SSSR count). The van der Waals surface area contributed by atoms with Gasteiger partial charge in [-0.1, -0.05) is 32.0 Å². The van der Waals surface area contributed by atoms with Gasteiger partial charge in [-0.05, 0) is 24.5 Å². The van der Waals surface area contributed by atoms with E-state index in [1.807, 2.05) is 13.8 Å². The van der Waals surface area contributed by atoms with E-state index < -0.39 is 0 Å². The van der Waals surface area contributed by atoms with E-state index in [0.29, 0.717) is 12.3 Å². The van der Waals surface area contributed by atoms with E-state index in [2.05, 4.69) is 29.2 Å². The van der Waals surface area contributed by atoms with Crippen LogP contribution in [0.4, 0.5) is 5.69 Å². The largest absolute Gasteiger partial charge is 0.364 e. The molecule has 86 valence electrons. The van der Waals surface area contributed by atoms with E-state index in [-0.39, 0.29) is 5.92 Å². The number of carbonyl (C=O) groups excluding carboxylic acids is 1. The first-order valence-corrected chi connectivity index (χ1v) is 6.04. The van der Waals surface area contributed by atoms with Crippen molar-refractivity contribution in [1.29, 1.82) is 0 Å². The number of fused-ring (bicyclic) bond motifs is 1. The fourth-order valence-electron chi connectivity index (χ4n) is 2.15. The molecule has 1 aromatic carbocycles. The average molecular weight is 217 g/mol. The quantitative estimate of drug-likeness (QED) is 0.775. The molecule has 0 unspecified atom stereocenters. The van der Waals surface area contributed by atoms with Crippen molar-refractivity contribution in [2.24, 2.45) is 5.92 Å². The molecule has 2 nitrogen and oxygen atoms in total. The van der Waals surface area contributed by atoms with Crippen LogP contribution in [-0.4, -0.2) is 18.9 Å². The van der Waals surface area contributed by atoms with Gasteiger partial charge in [0.15, 0.2) is 5.78 Å². The van der Waals surface area contributed by atoms with Gasteiger partial charge in [-0.2, -0.15) is 0 Å². The molecule has 0 aliphatic carbocycles. The van der Waals surface area contributed by atoms with Crippen molar-refractivity contribution in [3.63, 3.8) is 0 Å². The van der Waals surface area contributed by atoms with Crippen LogP contribution in [0.1, 0.15) is 25.8 Å². The maximum absolute atomic E-state index is 11.8. The summed E-state index contributed by atoms with van der Waals surface area (Å²) in [5.41, 5.74) is 2.63. The monoisotopic (exact) mass is 217 g/mol. The Morgan fingerprint density at radius 3 is 2.88 bits per heavy atom. The number of ketones is 1. The molecule has 16 heavy (non-hydrogen) atoms. The first kappa shape index (κ1) is 11.2. The molecule has 0 bridgehead atoms. The second-order valence-corrected chi connectivity index (χ2v) is 4.77. The van der Waals surface area contributed by atoms with Crippen LogP contribution in [0.3, 0.4) is 0 Å². The van der Waals surface area contributed by atoms with E-state index >= 15 is 0 Å². The Kier molecular flexibility index (Phi) is 3.28. The molecule has 0 spiro atoms. The molecular weight excluding hydrogens is 198 g/mol. The maximum Gasteiger partial charge on any atom is 0.154 e. The number of hydrogen-bond donors (Lipinski definition) is 0. The Morgan fingerprint density at radius 2 is 2.12 bits per heavy atom. The van der Waals surface area contributed by atoms with Gasteiger partial charge in [-0.25, -0.2) is 0 Å². The minimum Gasteiger partial charge on any atom is -0.364 e. The molecule has 2 heteroatoms. The normalized spacial score (nSPS) is 15.1. The number of anilines is 1. The van der Waals surface area contributed by atoms with E-state index in [9.17, 15) is 4.79 Å². The summed E-state index contributed by atoms with van der Waals surface area (Å²) in [4.78, 5) is 14.0. The molecule has 0 atom stereocenters. The molecule has 0 aromatic heterocycles. The van der Waals surface area contributed by atoms with E-state index in [1.54, 1.807) is 0 Å². The summed E-state index contributed by atoms with van der Waals surface area (Å²) in [6.07, 6.45) is 2.30. The van der Waals surface area contributed by atoms with Crippen LogP contribution in [0.25, 0.3) is 0 Å². The third kappa shape index (κ3) is 2.26. The van der Waals surface area contributed by atoms with E-state index in [1.165, 1.54) is 11.3 Å². The number of benzene rings is 1. The highest BCUT2D eigenvalue weighted by atomic mass is 16.1. The molecule has 1 heterocycles. The molecule has 0 fully saturated rings. The topological polar surface area (TPSA) is 20.3 Å². The predicted molar refractivity (Wildman–Crippen MR) is 66.8 cm³/mol. The Bertz CT molecular complexity index is 384. The second kappa shape index (κ2) is 4.69. The number of para-hydroxylation sites is 1. The SMILES string of the molecule is CC(C)C(=O)CN1CCCc2ccccc21. The molecule has 1 aromatic rings. The maximum atomic E-state index is 11.8. The summed E-state index contributed by atoms with van der Waals surface area (Å²) in [6.45, 7) is 5.51. The van der Waals surface area contributed by atoms with Crippen LogP contribution in [0.15, 0.2) is 24.3 Å². The molecule has 1 aliphatic heterocycles.